The third-order valence-electron chi connectivity index (χ3n) is 3.06. The first-order valence-electron chi connectivity index (χ1n) is 6.58. The molecule has 0 radical (unpaired) electrons. The lowest BCUT2D eigenvalue weighted by Gasteiger charge is -2.11. The summed E-state index contributed by atoms with van der Waals surface area (Å²) < 4.78 is 24.7. The lowest BCUT2D eigenvalue weighted by molar-refractivity contribution is 0.583. The minimum absolute atomic E-state index is 0.290. The van der Waals surface area contributed by atoms with E-state index in [2.05, 4.69) is 9.93 Å². The van der Waals surface area contributed by atoms with Crippen molar-refractivity contribution in [1.29, 1.82) is 0 Å². The maximum absolute atomic E-state index is 12.4. The van der Waals surface area contributed by atoms with Crippen LogP contribution < -0.4 is 4.83 Å². The predicted octanol–water partition coefficient (Wildman–Crippen LogP) is 2.92. The molecule has 2 rings (SSSR count). The van der Waals surface area contributed by atoms with E-state index in [4.69, 9.17) is 0 Å². The minimum atomic E-state index is -3.66. The first-order valence-corrected chi connectivity index (χ1v) is 8.06. The molecule has 0 atom stereocenters. The monoisotopic (exact) mass is 302 g/mol. The van der Waals surface area contributed by atoms with Gasteiger partial charge in [-0.3, -0.25) is 0 Å². The van der Waals surface area contributed by atoms with Crippen LogP contribution in [0.3, 0.4) is 0 Å². The minimum Gasteiger partial charge on any atom is -0.200 e. The lowest BCUT2D eigenvalue weighted by Crippen LogP contribution is -2.20. The summed E-state index contributed by atoms with van der Waals surface area (Å²) in [7, 11) is -3.66. The summed E-state index contributed by atoms with van der Waals surface area (Å²) in [6.07, 6.45) is 1.48. The topological polar surface area (TPSA) is 58.5 Å². The van der Waals surface area contributed by atoms with E-state index in [-0.39, 0.29) is 0 Å². The largest absolute Gasteiger partial charge is 0.277 e. The number of sulfonamides is 1. The van der Waals surface area contributed by atoms with Gasteiger partial charge in [0, 0.05) is 0 Å². The summed E-state index contributed by atoms with van der Waals surface area (Å²) in [5, 5.41) is 3.83. The average molecular weight is 302 g/mol. The molecule has 1 N–H and O–H groups in total. The number of aryl methyl sites for hydroxylation is 3. The van der Waals surface area contributed by atoms with Crippen LogP contribution in [0.5, 0.6) is 0 Å². The number of hydrogen-bond acceptors (Lipinski definition) is 3. The fourth-order valence-electron chi connectivity index (χ4n) is 2.35. The van der Waals surface area contributed by atoms with E-state index < -0.39 is 10.0 Å². The molecule has 0 heterocycles. The van der Waals surface area contributed by atoms with E-state index >= 15 is 0 Å². The van der Waals surface area contributed by atoms with Gasteiger partial charge in [0.15, 0.2) is 0 Å². The number of nitrogens with one attached hydrogen (secondary N) is 1. The number of nitrogens with zero attached hydrogens (tertiary/aromatic N) is 1. The highest BCUT2D eigenvalue weighted by atomic mass is 32.2. The van der Waals surface area contributed by atoms with Crippen LogP contribution in [0.2, 0.25) is 0 Å². The predicted molar refractivity (Wildman–Crippen MR) is 85.0 cm³/mol. The Morgan fingerprint density at radius 2 is 1.57 bits per heavy atom. The third-order valence-corrected chi connectivity index (χ3v) is 4.59. The molecule has 0 aromatic heterocycles. The summed E-state index contributed by atoms with van der Waals surface area (Å²) in [6.45, 7) is 5.52. The Balaban J connectivity index is 2.26. The molecule has 5 heteroatoms. The SMILES string of the molecule is Cc1cc(C)c(S(=O)(=O)N/N=C\c2ccccc2)c(C)c1. The van der Waals surface area contributed by atoms with Crippen LogP contribution in [0.15, 0.2) is 52.5 Å². The van der Waals surface area contributed by atoms with Crippen molar-refractivity contribution in [3.8, 4) is 0 Å². The average Bonchev–Trinajstić information content (AvgIpc) is 2.38. The Labute approximate surface area is 125 Å². The fraction of sp³-hybridized carbons (Fsp3) is 0.188. The van der Waals surface area contributed by atoms with E-state index in [1.165, 1.54) is 6.21 Å². The van der Waals surface area contributed by atoms with Crippen LogP contribution in [0.25, 0.3) is 0 Å². The first kappa shape index (κ1) is 15.3. The van der Waals surface area contributed by atoms with Gasteiger partial charge in [-0.1, -0.05) is 48.0 Å². The van der Waals surface area contributed by atoms with E-state index in [1.807, 2.05) is 49.4 Å². The normalized spacial score (nSPS) is 11.8. The van der Waals surface area contributed by atoms with Crippen LogP contribution in [0.1, 0.15) is 22.3 Å². The molecule has 2 aromatic carbocycles. The van der Waals surface area contributed by atoms with Crippen molar-refractivity contribution in [2.45, 2.75) is 25.7 Å². The lowest BCUT2D eigenvalue weighted by atomic mass is 10.1. The standard InChI is InChI=1S/C16H18N2O2S/c1-12-9-13(2)16(14(3)10-12)21(19,20)18-17-11-15-7-5-4-6-8-15/h4-11,18H,1-3H3/b17-11-. The molecule has 0 saturated heterocycles. The fourth-order valence-corrected chi connectivity index (χ4v) is 3.59. The highest BCUT2D eigenvalue weighted by Crippen LogP contribution is 2.21. The van der Waals surface area contributed by atoms with Gasteiger partial charge in [0.25, 0.3) is 10.0 Å². The van der Waals surface area contributed by atoms with Gasteiger partial charge in [0.1, 0.15) is 0 Å². The second kappa shape index (κ2) is 6.10. The molecule has 0 aliphatic carbocycles. The molecule has 0 aliphatic rings. The van der Waals surface area contributed by atoms with Gasteiger partial charge in [-0.25, -0.2) is 4.83 Å². The Morgan fingerprint density at radius 1 is 1.00 bits per heavy atom. The molecule has 0 unspecified atom stereocenters. The van der Waals surface area contributed by atoms with Crippen molar-refractivity contribution >= 4 is 16.2 Å². The Kier molecular flexibility index (Phi) is 4.43. The maximum Gasteiger partial charge on any atom is 0.277 e. The molecule has 0 fully saturated rings. The van der Waals surface area contributed by atoms with Crippen LogP contribution in [0.4, 0.5) is 0 Å². The van der Waals surface area contributed by atoms with E-state index in [1.54, 1.807) is 13.8 Å². The van der Waals surface area contributed by atoms with Gasteiger partial charge < -0.3 is 0 Å². The summed E-state index contributed by atoms with van der Waals surface area (Å²) >= 11 is 0. The third kappa shape index (κ3) is 3.70. The summed E-state index contributed by atoms with van der Waals surface area (Å²) in [5.74, 6) is 0. The molecule has 21 heavy (non-hydrogen) atoms. The van der Waals surface area contributed by atoms with E-state index in [0.29, 0.717) is 4.90 Å². The van der Waals surface area contributed by atoms with Gasteiger partial charge in [-0.05, 0) is 37.5 Å². The number of hydrazone groups is 1. The van der Waals surface area contributed by atoms with Gasteiger partial charge in [-0.2, -0.15) is 13.5 Å². The van der Waals surface area contributed by atoms with Crippen molar-refractivity contribution in [3.05, 3.63) is 64.7 Å². The zero-order valence-electron chi connectivity index (χ0n) is 12.3. The summed E-state index contributed by atoms with van der Waals surface area (Å²) in [5.41, 5.74) is 3.30. The van der Waals surface area contributed by atoms with Crippen LogP contribution in [-0.2, 0) is 10.0 Å². The zero-order valence-corrected chi connectivity index (χ0v) is 13.1. The Morgan fingerprint density at radius 3 is 2.14 bits per heavy atom. The molecule has 2 aromatic rings. The highest BCUT2D eigenvalue weighted by molar-refractivity contribution is 7.89. The molecule has 0 saturated carbocycles. The van der Waals surface area contributed by atoms with Crippen LogP contribution >= 0.6 is 0 Å². The second-order valence-electron chi connectivity index (χ2n) is 4.99. The first-order chi connectivity index (χ1) is 9.90. The smallest absolute Gasteiger partial charge is 0.200 e. The molecular weight excluding hydrogens is 284 g/mol. The Hall–Kier alpha value is -2.14. The van der Waals surface area contributed by atoms with Crippen molar-refractivity contribution in [1.82, 2.24) is 4.83 Å². The van der Waals surface area contributed by atoms with Crippen LogP contribution in [0, 0.1) is 20.8 Å². The molecule has 0 bridgehead atoms. The summed E-state index contributed by atoms with van der Waals surface area (Å²) in [6, 6.07) is 13.0. The van der Waals surface area contributed by atoms with Crippen molar-refractivity contribution in [3.63, 3.8) is 0 Å². The van der Waals surface area contributed by atoms with E-state index in [9.17, 15) is 8.42 Å². The molecule has 0 amide bonds. The van der Waals surface area contributed by atoms with Gasteiger partial charge >= 0.3 is 0 Å². The number of hydrogen-bond donors (Lipinski definition) is 1. The number of rotatable bonds is 4. The van der Waals surface area contributed by atoms with Crippen molar-refractivity contribution in [2.75, 3.05) is 0 Å². The molecule has 0 spiro atoms. The van der Waals surface area contributed by atoms with Gasteiger partial charge in [0.05, 0.1) is 11.1 Å². The number of benzene rings is 2. The second-order valence-corrected chi connectivity index (χ2v) is 6.59. The van der Waals surface area contributed by atoms with Crippen LogP contribution in [-0.4, -0.2) is 14.6 Å². The van der Waals surface area contributed by atoms with Crippen molar-refractivity contribution in [2.24, 2.45) is 5.10 Å². The molecule has 110 valence electrons. The quantitative estimate of drug-likeness (QED) is 0.697. The molecule has 0 aliphatic heterocycles. The maximum atomic E-state index is 12.4. The Bertz CT molecular complexity index is 743. The molecular formula is C16H18N2O2S. The van der Waals surface area contributed by atoms with Gasteiger partial charge in [-0.15, -0.1) is 0 Å². The molecule has 4 nitrogen and oxygen atoms in total. The van der Waals surface area contributed by atoms with Gasteiger partial charge in [0.2, 0.25) is 0 Å². The zero-order chi connectivity index (χ0) is 15.5. The highest BCUT2D eigenvalue weighted by Gasteiger charge is 2.18. The van der Waals surface area contributed by atoms with Crippen molar-refractivity contribution < 1.29 is 8.42 Å². The summed E-state index contributed by atoms with van der Waals surface area (Å²) in [4.78, 5) is 2.56. The van der Waals surface area contributed by atoms with E-state index in [0.717, 1.165) is 22.3 Å².